The number of rotatable bonds is 20. The quantitative estimate of drug-likeness (QED) is 0.0317. The van der Waals surface area contributed by atoms with Gasteiger partial charge in [0.25, 0.3) is 0 Å². The molecule has 0 bridgehead atoms. The lowest BCUT2D eigenvalue weighted by molar-refractivity contribution is -0.0642. The highest BCUT2D eigenvalue weighted by molar-refractivity contribution is 7.48. The average Bonchev–Trinajstić information content (AvgIpc) is 4.28. The molecule has 19 atom stereocenters. The number of hydrogen-bond acceptors (Lipinski definition) is 33. The Morgan fingerprint density at radius 2 is 0.852 bits per heavy atom. The topological polar surface area (TPSA) is 587 Å². The van der Waals surface area contributed by atoms with Gasteiger partial charge in [-0.3, -0.25) is 45.4 Å². The zero-order valence-electron chi connectivity index (χ0n) is 40.9. The van der Waals surface area contributed by atoms with Crippen LogP contribution < -0.4 is 34.3 Å². The zero-order valence-corrected chi connectivity index (χ0v) is 43.5. The predicted molar refractivity (Wildman–Crippen MR) is 260 cm³/mol. The van der Waals surface area contributed by atoms with Crippen molar-refractivity contribution in [1.29, 1.82) is 0 Å². The van der Waals surface area contributed by atoms with Gasteiger partial charge < -0.3 is 87.2 Å². The van der Waals surface area contributed by atoms with Crippen LogP contribution in [0, 0.1) is 0 Å². The largest absolute Gasteiger partial charge is 0.472 e. The van der Waals surface area contributed by atoms with Crippen LogP contribution in [0.2, 0.25) is 0 Å². The van der Waals surface area contributed by atoms with E-state index in [0.717, 1.165) is 56.0 Å². The SMILES string of the molecule is Nc1ccn([C@@H]2O[C@H](COP(=O)(O)O[C@H]3[C@@H](O)[C@H](n4cnc5c(N)ncnc54)O[C@@H]3COP(=O)(O)O[C@H]3[C@@H](O)[C@H](n4cnc5c(N)ncnc54)O[C@@H]3COP(=O)(O)O[C@H]3[C@@H](O)[C@H](n4ccc(N)nc4=O)O[C@@H]3CO)[C@@H](O)[C@H]2O)c(=O)n1. The van der Waals surface area contributed by atoms with Crippen molar-refractivity contribution in [3.05, 3.63) is 70.8 Å². The highest BCUT2D eigenvalue weighted by Gasteiger charge is 2.55. The van der Waals surface area contributed by atoms with E-state index in [-0.39, 0.29) is 45.6 Å². The summed E-state index contributed by atoms with van der Waals surface area (Å²) in [5, 5.41) is 66.0. The first-order chi connectivity index (χ1) is 38.3. The van der Waals surface area contributed by atoms with E-state index in [1.54, 1.807) is 0 Å². The number of ether oxygens (including phenoxy) is 4. The lowest BCUT2D eigenvalue weighted by atomic mass is 10.1. The molecule has 10 heterocycles. The molecule has 0 saturated carbocycles. The molecule has 40 nitrogen and oxygen atoms in total. The molecule has 0 radical (unpaired) electrons. The summed E-state index contributed by atoms with van der Waals surface area (Å²) >= 11 is 0. The zero-order chi connectivity index (χ0) is 58.0. The number of anilines is 4. The minimum atomic E-state index is -5.67. The Bertz CT molecular complexity index is 3560. The standard InChI is InChI=1S/C38H49N16O24P3/c39-17-1-3-51(37(61)49-17)33-22(57)21(56)14(73-33)6-69-79(63,64)77-27-16(75-35(24(27)59)53-11-47-19-29(41)43-9-45-31(19)53)8-71-81(67,68)78-28-15(74-36(25(28)60)54-12-48-20-30(42)44-10-46-32(20)54)7-70-80(65,66)76-26-13(5-55)72-34(23(26)58)52-4-2-18(40)50-38(52)62/h1-4,9-16,21-28,33-36,55-60H,5-8H2,(H,63,64)(H,65,66)(H,67,68)(H2,39,49,61)(H2,40,50,62)(H2,41,43,45)(H2,42,44,46)/t13-,14-,15-,16-,21-,22-,23-,24-,25-,26-,27-,28-,33-,34-,35-,36-/m1/s1. The number of aromatic nitrogens is 12. The van der Waals surface area contributed by atoms with Gasteiger partial charge in [-0.05, 0) is 12.1 Å². The third-order valence-corrected chi connectivity index (χ3v) is 15.9. The van der Waals surface area contributed by atoms with Gasteiger partial charge in [-0.25, -0.2) is 53.2 Å². The van der Waals surface area contributed by atoms with Crippen LogP contribution in [0.3, 0.4) is 0 Å². The number of phosphoric ester groups is 3. The lowest BCUT2D eigenvalue weighted by Crippen LogP contribution is -2.38. The molecule has 0 aliphatic carbocycles. The summed E-state index contributed by atoms with van der Waals surface area (Å²) in [7, 11) is -16.6. The molecule has 0 spiro atoms. The van der Waals surface area contributed by atoms with E-state index in [0.29, 0.717) is 0 Å². The van der Waals surface area contributed by atoms with Crippen LogP contribution in [-0.2, 0) is 59.8 Å². The van der Waals surface area contributed by atoms with Gasteiger partial charge >= 0.3 is 34.8 Å². The number of phosphoric acid groups is 3. The fraction of sp³-hybridized carbons (Fsp3) is 0.526. The summed E-state index contributed by atoms with van der Waals surface area (Å²) in [6.45, 7) is -4.27. The summed E-state index contributed by atoms with van der Waals surface area (Å²) in [5.74, 6) is -0.568. The molecule has 6 aromatic heterocycles. The van der Waals surface area contributed by atoms with Crippen LogP contribution in [0.25, 0.3) is 22.3 Å². The van der Waals surface area contributed by atoms with Crippen molar-refractivity contribution in [3.63, 3.8) is 0 Å². The molecular formula is C38H49N16O24P3. The van der Waals surface area contributed by atoms with Crippen molar-refractivity contribution in [2.24, 2.45) is 0 Å². The molecule has 4 saturated heterocycles. The Balaban J connectivity index is 0.867. The molecule has 6 aromatic rings. The number of nitrogens with two attached hydrogens (primary N) is 4. The number of nitrogen functional groups attached to an aromatic ring is 4. The maximum atomic E-state index is 14.1. The molecule has 4 aliphatic heterocycles. The second-order valence-corrected chi connectivity index (χ2v) is 22.4. The molecule has 10 rings (SSSR count). The molecule has 4 fully saturated rings. The smallest absolute Gasteiger partial charge is 0.394 e. The van der Waals surface area contributed by atoms with Crippen LogP contribution in [0.15, 0.2) is 59.4 Å². The van der Waals surface area contributed by atoms with E-state index >= 15 is 0 Å². The van der Waals surface area contributed by atoms with Crippen LogP contribution in [0.5, 0.6) is 0 Å². The first kappa shape index (κ1) is 58.2. The second-order valence-electron chi connectivity index (χ2n) is 18.1. The summed E-state index contributed by atoms with van der Waals surface area (Å²) < 4.78 is 99.8. The normalized spacial score (nSPS) is 32.8. The Hall–Kier alpha value is -6.01. The number of aliphatic hydroxyl groups excluding tert-OH is 6. The maximum Gasteiger partial charge on any atom is 0.472 e. The molecular weight excluding hydrogens is 1160 g/mol. The van der Waals surface area contributed by atoms with Gasteiger partial charge in [-0.15, -0.1) is 0 Å². The van der Waals surface area contributed by atoms with Crippen molar-refractivity contribution in [2.45, 2.75) is 98.2 Å². The lowest BCUT2D eigenvalue weighted by Gasteiger charge is -2.26. The van der Waals surface area contributed by atoms with Gasteiger partial charge in [0.2, 0.25) is 0 Å². The van der Waals surface area contributed by atoms with Crippen LogP contribution in [0.1, 0.15) is 24.9 Å². The van der Waals surface area contributed by atoms with E-state index in [9.17, 15) is 68.6 Å². The van der Waals surface area contributed by atoms with Crippen molar-refractivity contribution in [1.82, 2.24) is 58.1 Å². The molecule has 4 aliphatic rings. The van der Waals surface area contributed by atoms with Crippen molar-refractivity contribution < 1.29 is 105 Å². The molecule has 17 N–H and O–H groups in total. The number of fused-ring (bicyclic) bond motifs is 2. The highest BCUT2D eigenvalue weighted by atomic mass is 31.2. The molecule has 81 heavy (non-hydrogen) atoms. The number of imidazole rings is 2. The molecule has 3 unspecified atom stereocenters. The Kier molecular flexibility index (Phi) is 16.3. The first-order valence-corrected chi connectivity index (χ1v) is 28.0. The number of nitrogens with zero attached hydrogens (tertiary/aromatic N) is 12. The van der Waals surface area contributed by atoms with Crippen molar-refractivity contribution in [2.75, 3.05) is 49.4 Å². The third-order valence-electron chi connectivity index (χ3n) is 13.0. The first-order valence-electron chi connectivity index (χ1n) is 23.5. The van der Waals surface area contributed by atoms with E-state index in [1.165, 1.54) is 12.1 Å². The van der Waals surface area contributed by atoms with E-state index < -0.39 is 159 Å². The van der Waals surface area contributed by atoms with E-state index in [1.807, 2.05) is 0 Å². The fourth-order valence-electron chi connectivity index (χ4n) is 9.16. The van der Waals surface area contributed by atoms with Gasteiger partial charge in [-0.1, -0.05) is 0 Å². The molecule has 0 amide bonds. The fourth-order valence-corrected chi connectivity index (χ4v) is 12.1. The van der Waals surface area contributed by atoms with Crippen LogP contribution in [0.4, 0.5) is 23.3 Å². The van der Waals surface area contributed by atoms with Gasteiger partial charge in [-0.2, -0.15) is 9.97 Å². The third kappa shape index (κ3) is 11.7. The van der Waals surface area contributed by atoms with Crippen molar-refractivity contribution in [3.8, 4) is 0 Å². The highest BCUT2D eigenvalue weighted by Crippen LogP contribution is 2.54. The van der Waals surface area contributed by atoms with Gasteiger partial charge in [0.05, 0.1) is 39.1 Å². The van der Waals surface area contributed by atoms with Crippen LogP contribution in [-0.4, -0.2) is 203 Å². The van der Waals surface area contributed by atoms with Gasteiger partial charge in [0.1, 0.15) is 109 Å². The summed E-state index contributed by atoms with van der Waals surface area (Å²) in [6.07, 6.45) is -22.7. The molecule has 440 valence electrons. The Morgan fingerprint density at radius 3 is 1.26 bits per heavy atom. The minimum absolute atomic E-state index is 0.00861. The maximum absolute atomic E-state index is 14.1. The van der Waals surface area contributed by atoms with Crippen LogP contribution >= 0.6 is 23.5 Å². The monoisotopic (exact) mass is 1210 g/mol. The van der Waals surface area contributed by atoms with Gasteiger partial charge in [0.15, 0.2) is 47.8 Å². The average molecular weight is 1210 g/mol. The molecule has 0 aromatic carbocycles. The van der Waals surface area contributed by atoms with E-state index in [2.05, 4.69) is 39.9 Å². The molecule has 43 heteroatoms. The predicted octanol–water partition coefficient (Wildman–Crippen LogP) is -5.60. The summed E-state index contributed by atoms with van der Waals surface area (Å²) in [6, 6.07) is 2.38. The second kappa shape index (κ2) is 22.6. The summed E-state index contributed by atoms with van der Waals surface area (Å²) in [4.78, 5) is 89.5. The van der Waals surface area contributed by atoms with Gasteiger partial charge in [0, 0.05) is 12.4 Å². The Labute approximate surface area is 449 Å². The number of aliphatic hydroxyl groups is 6. The Morgan fingerprint density at radius 1 is 0.494 bits per heavy atom. The van der Waals surface area contributed by atoms with Crippen molar-refractivity contribution >= 4 is 69.1 Å². The number of hydrogen-bond donors (Lipinski definition) is 13. The minimum Gasteiger partial charge on any atom is -0.394 e. The summed E-state index contributed by atoms with van der Waals surface area (Å²) in [5.41, 5.74) is 20.9. The van der Waals surface area contributed by atoms with E-state index in [4.69, 9.17) is 69.0 Å².